The lowest BCUT2D eigenvalue weighted by molar-refractivity contribution is -0.149. The molecule has 0 spiro atoms. The van der Waals surface area contributed by atoms with Crippen molar-refractivity contribution in [1.82, 2.24) is 0 Å². The van der Waals surface area contributed by atoms with Crippen LogP contribution in [0.2, 0.25) is 0 Å². The van der Waals surface area contributed by atoms with Gasteiger partial charge in [0.2, 0.25) is 0 Å². The number of benzene rings is 2. The van der Waals surface area contributed by atoms with Crippen LogP contribution in [0.4, 0.5) is 0 Å². The molecule has 0 aromatic heterocycles. The molecule has 0 N–H and O–H groups in total. The summed E-state index contributed by atoms with van der Waals surface area (Å²) in [6.07, 6.45) is 23.6. The fraction of sp³-hybridized carbons (Fsp3) is 0.526. The Labute approximate surface area is 259 Å². The number of rotatable bonds is 22. The molecule has 5 nitrogen and oxygen atoms in total. The van der Waals surface area contributed by atoms with E-state index < -0.39 is 11.9 Å². The highest BCUT2D eigenvalue weighted by atomic mass is 16.6. The lowest BCUT2D eigenvalue weighted by Crippen LogP contribution is -1.98. The van der Waals surface area contributed by atoms with Crippen LogP contribution in [0.15, 0.2) is 59.7 Å². The number of carbonyl (C=O) groups is 2. The molecule has 0 aliphatic carbocycles. The van der Waals surface area contributed by atoms with E-state index in [1.54, 1.807) is 12.2 Å². The number of carbonyl (C=O) groups excluding carboxylic acids is 2. The van der Waals surface area contributed by atoms with E-state index in [9.17, 15) is 9.59 Å². The van der Waals surface area contributed by atoms with Crippen molar-refractivity contribution < 1.29 is 23.8 Å². The Bertz CT molecular complexity index is 1050. The van der Waals surface area contributed by atoms with Gasteiger partial charge in [0, 0.05) is 0 Å². The van der Waals surface area contributed by atoms with E-state index in [0.29, 0.717) is 13.2 Å². The molecule has 1 aliphatic heterocycles. The predicted octanol–water partition coefficient (Wildman–Crippen LogP) is 10.3. The topological polar surface area (TPSA) is 61.8 Å². The molecule has 3 rings (SSSR count). The maximum absolute atomic E-state index is 12.5. The molecular formula is C38H52O5. The Morgan fingerprint density at radius 3 is 1.16 bits per heavy atom. The zero-order chi connectivity index (χ0) is 30.5. The molecule has 234 valence electrons. The van der Waals surface area contributed by atoms with Crippen LogP contribution in [0.1, 0.15) is 128 Å². The Balaban J connectivity index is 1.45. The number of ether oxygens (including phenoxy) is 3. The summed E-state index contributed by atoms with van der Waals surface area (Å²) in [5, 5.41) is 0. The first-order valence-corrected chi connectivity index (χ1v) is 16.8. The molecule has 2 aromatic carbocycles. The van der Waals surface area contributed by atoms with E-state index in [-0.39, 0.29) is 11.1 Å². The summed E-state index contributed by atoms with van der Waals surface area (Å²) in [6, 6.07) is 15.2. The van der Waals surface area contributed by atoms with Crippen molar-refractivity contribution in [2.24, 2.45) is 0 Å². The summed E-state index contributed by atoms with van der Waals surface area (Å²) in [4.78, 5) is 24.9. The first-order valence-electron chi connectivity index (χ1n) is 16.8. The van der Waals surface area contributed by atoms with Gasteiger partial charge in [-0.05, 0) is 60.4 Å². The highest BCUT2D eigenvalue weighted by Gasteiger charge is 2.33. The summed E-state index contributed by atoms with van der Waals surface area (Å²) in [5.41, 5.74) is 2.12. The largest absolute Gasteiger partial charge is 0.494 e. The van der Waals surface area contributed by atoms with Crippen LogP contribution in [-0.2, 0) is 14.3 Å². The van der Waals surface area contributed by atoms with Gasteiger partial charge in [-0.15, -0.1) is 0 Å². The summed E-state index contributed by atoms with van der Waals surface area (Å²) in [5.74, 6) is 0.347. The van der Waals surface area contributed by atoms with Gasteiger partial charge in [-0.25, -0.2) is 9.59 Å². The van der Waals surface area contributed by atoms with Crippen LogP contribution >= 0.6 is 0 Å². The third-order valence-electron chi connectivity index (χ3n) is 7.83. The number of esters is 2. The number of unbranched alkanes of at least 4 members (excludes halogenated alkanes) is 14. The van der Waals surface area contributed by atoms with Crippen LogP contribution in [0.3, 0.4) is 0 Å². The average Bonchev–Trinajstić information content (AvgIpc) is 3.28. The second kappa shape index (κ2) is 20.5. The van der Waals surface area contributed by atoms with E-state index in [4.69, 9.17) is 14.2 Å². The van der Waals surface area contributed by atoms with E-state index in [0.717, 1.165) is 35.5 Å². The lowest BCUT2D eigenvalue weighted by atomic mass is 10.0. The molecule has 1 saturated heterocycles. The molecule has 1 heterocycles. The van der Waals surface area contributed by atoms with Gasteiger partial charge in [-0.3, -0.25) is 0 Å². The zero-order valence-corrected chi connectivity index (χ0v) is 26.5. The van der Waals surface area contributed by atoms with E-state index in [1.165, 1.54) is 89.9 Å². The highest BCUT2D eigenvalue weighted by molar-refractivity contribution is 6.22. The van der Waals surface area contributed by atoms with Crippen LogP contribution in [0.5, 0.6) is 11.5 Å². The molecule has 1 fully saturated rings. The van der Waals surface area contributed by atoms with E-state index in [2.05, 4.69) is 13.8 Å². The molecule has 1 aliphatic rings. The van der Waals surface area contributed by atoms with Gasteiger partial charge in [0.05, 0.1) is 24.4 Å². The third-order valence-corrected chi connectivity index (χ3v) is 7.83. The Hall–Kier alpha value is -3.34. The number of hydrogen-bond donors (Lipinski definition) is 0. The van der Waals surface area contributed by atoms with Gasteiger partial charge >= 0.3 is 11.9 Å². The molecular weight excluding hydrogens is 536 g/mol. The highest BCUT2D eigenvalue weighted by Crippen LogP contribution is 2.28. The maximum atomic E-state index is 12.5. The predicted molar refractivity (Wildman–Crippen MR) is 176 cm³/mol. The first-order chi connectivity index (χ1) is 21.1. The molecule has 43 heavy (non-hydrogen) atoms. The van der Waals surface area contributed by atoms with Gasteiger partial charge in [0.1, 0.15) is 11.5 Å². The van der Waals surface area contributed by atoms with Crippen molar-refractivity contribution in [3.8, 4) is 11.5 Å². The van der Waals surface area contributed by atoms with E-state index >= 15 is 0 Å². The number of cyclic esters (lactones) is 2. The second-order valence-corrected chi connectivity index (χ2v) is 11.6. The molecule has 0 amide bonds. The molecule has 0 radical (unpaired) electrons. The van der Waals surface area contributed by atoms with Gasteiger partial charge in [0.15, 0.2) is 0 Å². The lowest BCUT2D eigenvalue weighted by Gasteiger charge is -2.07. The molecule has 0 atom stereocenters. The summed E-state index contributed by atoms with van der Waals surface area (Å²) < 4.78 is 16.7. The maximum Gasteiger partial charge on any atom is 0.346 e. The van der Waals surface area contributed by atoms with Gasteiger partial charge < -0.3 is 14.2 Å². The van der Waals surface area contributed by atoms with Crippen molar-refractivity contribution in [3.63, 3.8) is 0 Å². The standard InChI is InChI=1S/C38H52O5/c1-3-5-7-9-11-13-15-17-27-41-33-23-19-31(20-24-33)29-35-36(38(40)43-37(35)39)30-32-21-25-34(26-22-32)42-28-18-16-14-12-10-8-6-4-2/h19-26,29-30H,3-18,27-28H2,1-2H3/b35-29+,36-30+. The van der Waals surface area contributed by atoms with Gasteiger partial charge in [-0.2, -0.15) is 0 Å². The second-order valence-electron chi connectivity index (χ2n) is 11.6. The summed E-state index contributed by atoms with van der Waals surface area (Å²) in [7, 11) is 0. The smallest absolute Gasteiger partial charge is 0.346 e. The summed E-state index contributed by atoms with van der Waals surface area (Å²) >= 11 is 0. The first kappa shape index (κ1) is 34.2. The van der Waals surface area contributed by atoms with Crippen molar-refractivity contribution in [1.29, 1.82) is 0 Å². The van der Waals surface area contributed by atoms with Crippen molar-refractivity contribution in [2.45, 2.75) is 117 Å². The Kier molecular flexibility index (Phi) is 16.3. The molecule has 5 heteroatoms. The minimum atomic E-state index is -0.628. The minimum absolute atomic E-state index is 0.257. The molecule has 0 bridgehead atoms. The van der Waals surface area contributed by atoms with Crippen molar-refractivity contribution in [3.05, 3.63) is 70.8 Å². The van der Waals surface area contributed by atoms with E-state index in [1.807, 2.05) is 48.5 Å². The van der Waals surface area contributed by atoms with Gasteiger partial charge in [0.25, 0.3) is 0 Å². The van der Waals surface area contributed by atoms with Crippen LogP contribution in [0, 0.1) is 0 Å². The Morgan fingerprint density at radius 1 is 0.488 bits per heavy atom. The van der Waals surface area contributed by atoms with Crippen molar-refractivity contribution >= 4 is 24.1 Å². The quantitative estimate of drug-likeness (QED) is 0.0593. The average molecular weight is 589 g/mol. The van der Waals surface area contributed by atoms with Crippen molar-refractivity contribution in [2.75, 3.05) is 13.2 Å². The van der Waals surface area contributed by atoms with Crippen LogP contribution in [0.25, 0.3) is 12.2 Å². The molecule has 0 saturated carbocycles. The number of hydrogen-bond acceptors (Lipinski definition) is 5. The molecule has 2 aromatic rings. The summed E-state index contributed by atoms with van der Waals surface area (Å²) in [6.45, 7) is 5.89. The van der Waals surface area contributed by atoms with Crippen LogP contribution < -0.4 is 9.47 Å². The monoisotopic (exact) mass is 588 g/mol. The zero-order valence-electron chi connectivity index (χ0n) is 26.5. The fourth-order valence-electron chi connectivity index (χ4n) is 5.19. The SMILES string of the molecule is CCCCCCCCCCOc1ccc(/C=C2/C(=O)OC(=O)/C2=C/c2ccc(OCCCCCCCCCC)cc2)cc1. The molecule has 0 unspecified atom stereocenters. The minimum Gasteiger partial charge on any atom is -0.494 e. The fourth-order valence-corrected chi connectivity index (χ4v) is 5.19. The van der Waals surface area contributed by atoms with Crippen LogP contribution in [-0.4, -0.2) is 25.2 Å². The van der Waals surface area contributed by atoms with Gasteiger partial charge in [-0.1, -0.05) is 128 Å². The Morgan fingerprint density at radius 2 is 0.814 bits per heavy atom. The normalized spacial score (nSPS) is 14.9. The third kappa shape index (κ3) is 13.2.